The number of hydrogen-bond acceptors (Lipinski definition) is 2. The lowest BCUT2D eigenvalue weighted by Crippen LogP contribution is -2.18. The number of rotatable bonds is 5. The summed E-state index contributed by atoms with van der Waals surface area (Å²) >= 11 is 3.44. The summed E-state index contributed by atoms with van der Waals surface area (Å²) < 4.78 is 20.5. The Morgan fingerprint density at radius 2 is 1.95 bits per heavy atom. The maximum Gasteiger partial charge on any atom is 0.132 e. The van der Waals surface area contributed by atoms with Crippen LogP contribution in [0.1, 0.15) is 31.0 Å². The van der Waals surface area contributed by atoms with E-state index < -0.39 is 0 Å². The average Bonchev–Trinajstić information content (AvgIpc) is 2.45. The van der Waals surface area contributed by atoms with Crippen LogP contribution < -0.4 is 10.1 Å². The van der Waals surface area contributed by atoms with Crippen LogP contribution in [-0.4, -0.2) is 6.54 Å². The minimum Gasteiger partial charge on any atom is -0.457 e. The molecule has 21 heavy (non-hydrogen) atoms. The molecule has 0 saturated carbocycles. The van der Waals surface area contributed by atoms with Gasteiger partial charge in [0.1, 0.15) is 17.3 Å². The molecule has 0 aliphatic heterocycles. The summed E-state index contributed by atoms with van der Waals surface area (Å²) in [5.74, 6) is 1.18. The van der Waals surface area contributed by atoms with Gasteiger partial charge in [-0.3, -0.25) is 0 Å². The summed E-state index contributed by atoms with van der Waals surface area (Å²) in [7, 11) is 0. The smallest absolute Gasteiger partial charge is 0.132 e. The maximum atomic E-state index is 13.5. The van der Waals surface area contributed by atoms with Gasteiger partial charge < -0.3 is 10.1 Å². The fraction of sp³-hybridized carbons (Fsp3) is 0.294. The highest BCUT2D eigenvalue weighted by Gasteiger charge is 2.14. The summed E-state index contributed by atoms with van der Waals surface area (Å²) in [5.41, 5.74) is 1.85. The van der Waals surface area contributed by atoms with Crippen molar-refractivity contribution in [2.75, 3.05) is 6.54 Å². The van der Waals surface area contributed by atoms with Gasteiger partial charge in [-0.25, -0.2) is 4.39 Å². The first-order valence-electron chi connectivity index (χ1n) is 6.98. The SMILES string of the molecule is CCNC(C)c1cc(F)ccc1Oc1cc(Br)ccc1C. The molecule has 1 N–H and O–H groups in total. The molecule has 2 rings (SSSR count). The van der Waals surface area contributed by atoms with Gasteiger partial charge in [-0.2, -0.15) is 0 Å². The van der Waals surface area contributed by atoms with Crippen LogP contribution in [0.25, 0.3) is 0 Å². The van der Waals surface area contributed by atoms with Crippen LogP contribution in [0.4, 0.5) is 4.39 Å². The Morgan fingerprint density at radius 1 is 1.19 bits per heavy atom. The summed E-state index contributed by atoms with van der Waals surface area (Å²) in [6, 6.07) is 10.5. The molecule has 1 unspecified atom stereocenters. The van der Waals surface area contributed by atoms with E-state index in [4.69, 9.17) is 4.74 Å². The van der Waals surface area contributed by atoms with Gasteiger partial charge in [0.2, 0.25) is 0 Å². The maximum absolute atomic E-state index is 13.5. The molecule has 2 aromatic rings. The first-order valence-corrected chi connectivity index (χ1v) is 7.77. The lowest BCUT2D eigenvalue weighted by atomic mass is 10.1. The van der Waals surface area contributed by atoms with Gasteiger partial charge in [-0.05, 0) is 56.3 Å². The molecule has 1 atom stereocenters. The van der Waals surface area contributed by atoms with E-state index in [1.807, 2.05) is 39.0 Å². The highest BCUT2D eigenvalue weighted by Crippen LogP contribution is 2.33. The Bertz CT molecular complexity index is 630. The predicted molar refractivity (Wildman–Crippen MR) is 87.4 cm³/mol. The van der Waals surface area contributed by atoms with Crippen LogP contribution in [0, 0.1) is 12.7 Å². The van der Waals surface area contributed by atoms with Gasteiger partial charge >= 0.3 is 0 Å². The van der Waals surface area contributed by atoms with E-state index in [1.165, 1.54) is 12.1 Å². The fourth-order valence-electron chi connectivity index (χ4n) is 2.17. The average molecular weight is 352 g/mol. The summed E-state index contributed by atoms with van der Waals surface area (Å²) in [6.07, 6.45) is 0. The minimum atomic E-state index is -0.256. The van der Waals surface area contributed by atoms with Crippen LogP contribution >= 0.6 is 15.9 Å². The van der Waals surface area contributed by atoms with Gasteiger partial charge in [0, 0.05) is 16.1 Å². The molecule has 0 bridgehead atoms. The third-order valence-electron chi connectivity index (χ3n) is 3.32. The molecule has 0 fully saturated rings. The molecule has 0 spiro atoms. The van der Waals surface area contributed by atoms with Crippen molar-refractivity contribution >= 4 is 15.9 Å². The third kappa shape index (κ3) is 4.05. The van der Waals surface area contributed by atoms with E-state index >= 15 is 0 Å². The van der Waals surface area contributed by atoms with Crippen LogP contribution in [0.2, 0.25) is 0 Å². The highest BCUT2D eigenvalue weighted by atomic mass is 79.9. The van der Waals surface area contributed by atoms with Crippen molar-refractivity contribution in [1.82, 2.24) is 5.32 Å². The van der Waals surface area contributed by atoms with Gasteiger partial charge in [0.15, 0.2) is 0 Å². The minimum absolute atomic E-state index is 0.0214. The first kappa shape index (κ1) is 16.0. The molecule has 0 saturated heterocycles. The van der Waals surface area contributed by atoms with Crippen molar-refractivity contribution in [2.45, 2.75) is 26.8 Å². The summed E-state index contributed by atoms with van der Waals surface area (Å²) in [6.45, 7) is 6.82. The zero-order chi connectivity index (χ0) is 15.4. The third-order valence-corrected chi connectivity index (χ3v) is 3.81. The summed E-state index contributed by atoms with van der Waals surface area (Å²) in [5, 5.41) is 3.29. The molecule has 0 radical (unpaired) electrons. The quantitative estimate of drug-likeness (QED) is 0.782. The number of aryl methyl sites for hydroxylation is 1. The van der Waals surface area contributed by atoms with E-state index in [0.717, 1.165) is 27.9 Å². The monoisotopic (exact) mass is 351 g/mol. The van der Waals surface area contributed by atoms with E-state index in [1.54, 1.807) is 6.07 Å². The van der Waals surface area contributed by atoms with E-state index in [0.29, 0.717) is 5.75 Å². The van der Waals surface area contributed by atoms with E-state index in [2.05, 4.69) is 21.2 Å². The van der Waals surface area contributed by atoms with E-state index in [-0.39, 0.29) is 11.9 Å². The van der Waals surface area contributed by atoms with Gasteiger partial charge in [0.25, 0.3) is 0 Å². The number of ether oxygens (including phenoxy) is 1. The molecule has 4 heteroatoms. The molecule has 0 amide bonds. The van der Waals surface area contributed by atoms with Gasteiger partial charge in [-0.15, -0.1) is 0 Å². The Kier molecular flexibility index (Phi) is 5.37. The van der Waals surface area contributed by atoms with Gasteiger partial charge in [0.05, 0.1) is 0 Å². The van der Waals surface area contributed by atoms with Crippen LogP contribution in [-0.2, 0) is 0 Å². The van der Waals surface area contributed by atoms with Crippen molar-refractivity contribution in [3.63, 3.8) is 0 Å². The largest absolute Gasteiger partial charge is 0.457 e. The number of nitrogens with one attached hydrogen (secondary N) is 1. The molecular weight excluding hydrogens is 333 g/mol. The van der Waals surface area contributed by atoms with Crippen LogP contribution in [0.3, 0.4) is 0 Å². The molecule has 0 heterocycles. The second-order valence-corrected chi connectivity index (χ2v) is 5.89. The van der Waals surface area contributed by atoms with Crippen molar-refractivity contribution in [1.29, 1.82) is 0 Å². The highest BCUT2D eigenvalue weighted by molar-refractivity contribution is 9.10. The Labute approximate surface area is 133 Å². The number of halogens is 2. The Hall–Kier alpha value is -1.39. The normalized spacial score (nSPS) is 12.2. The molecule has 0 aliphatic rings. The standard InChI is InChI=1S/C17H19BrFNO/c1-4-20-12(3)15-10-14(19)7-8-16(15)21-17-9-13(18)6-5-11(17)2/h5-10,12,20H,4H2,1-3H3. The topological polar surface area (TPSA) is 21.3 Å². The zero-order valence-electron chi connectivity index (χ0n) is 12.4. The molecule has 2 aromatic carbocycles. The Balaban J connectivity index is 2.37. The molecule has 0 aromatic heterocycles. The van der Waals surface area contributed by atoms with Gasteiger partial charge in [-0.1, -0.05) is 28.9 Å². The molecule has 0 aliphatic carbocycles. The van der Waals surface area contributed by atoms with Crippen LogP contribution in [0.5, 0.6) is 11.5 Å². The number of hydrogen-bond donors (Lipinski definition) is 1. The number of benzene rings is 2. The molecular formula is C17H19BrFNO. The van der Waals surface area contributed by atoms with Crippen molar-refractivity contribution in [3.05, 3.63) is 57.8 Å². The lowest BCUT2D eigenvalue weighted by Gasteiger charge is -2.18. The van der Waals surface area contributed by atoms with Crippen LogP contribution in [0.15, 0.2) is 40.9 Å². The van der Waals surface area contributed by atoms with E-state index in [9.17, 15) is 4.39 Å². The predicted octanol–water partition coefficient (Wildman–Crippen LogP) is 5.36. The van der Waals surface area contributed by atoms with Crippen molar-refractivity contribution in [3.8, 4) is 11.5 Å². The fourth-order valence-corrected chi connectivity index (χ4v) is 2.51. The van der Waals surface area contributed by atoms with Crippen molar-refractivity contribution < 1.29 is 9.13 Å². The molecule has 2 nitrogen and oxygen atoms in total. The second-order valence-electron chi connectivity index (χ2n) is 4.97. The summed E-state index contributed by atoms with van der Waals surface area (Å²) in [4.78, 5) is 0. The Morgan fingerprint density at radius 3 is 2.67 bits per heavy atom. The first-order chi connectivity index (χ1) is 10.0. The lowest BCUT2D eigenvalue weighted by molar-refractivity contribution is 0.456. The van der Waals surface area contributed by atoms with Crippen molar-refractivity contribution in [2.24, 2.45) is 0 Å². The second kappa shape index (κ2) is 7.05. The molecule has 112 valence electrons. The zero-order valence-corrected chi connectivity index (χ0v) is 14.0.